The molecule has 6 nitrogen and oxygen atoms in total. The zero-order valence-corrected chi connectivity index (χ0v) is 27.1. The van der Waals surface area contributed by atoms with E-state index in [2.05, 4.69) is 68.5 Å². The van der Waals surface area contributed by atoms with Gasteiger partial charge in [0.25, 0.3) is 0 Å². The number of nitrogens with zero attached hydrogens (tertiary/aromatic N) is 5. The molecule has 0 radical (unpaired) electrons. The quantitative estimate of drug-likeness (QED) is 0.160. The third kappa shape index (κ3) is 8.29. The number of para-hydroxylation sites is 1. The molecule has 2 saturated heterocycles. The van der Waals surface area contributed by atoms with Gasteiger partial charge >= 0.3 is 0 Å². The first-order valence-electron chi connectivity index (χ1n) is 16.3. The number of likely N-dealkylation sites (tertiary alicyclic amines) is 1. The lowest BCUT2D eigenvalue weighted by atomic mass is 9.96. The number of aromatic nitrogens is 2. The van der Waals surface area contributed by atoms with Crippen molar-refractivity contribution in [3.05, 3.63) is 99.8 Å². The zero-order valence-electron chi connectivity index (χ0n) is 25.6. The number of benzene rings is 3. The molecule has 0 amide bonds. The standard InChI is InChI=1S/C36H44Cl2N6/c37-30-15-11-28(12-16-30)35(29-13-17-31(38)18-14-29)44-25-23-43(24-26-44)27-34-40-33-10-4-3-9-32(33)36(41-34)39-19-5-1-6-20-42-21-7-2-8-22-42/h3-4,9-18,35H,1-2,5-8,19-27H2,(H,39,40,41). The Balaban J connectivity index is 1.06. The molecule has 0 saturated carbocycles. The van der Waals surface area contributed by atoms with E-state index in [9.17, 15) is 0 Å². The summed E-state index contributed by atoms with van der Waals surface area (Å²) in [5, 5.41) is 6.27. The Kier molecular flexibility index (Phi) is 11.0. The van der Waals surface area contributed by atoms with Crippen LogP contribution in [0.5, 0.6) is 0 Å². The normalized spacial score (nSPS) is 17.0. The minimum Gasteiger partial charge on any atom is -0.369 e. The molecule has 2 aliphatic rings. The van der Waals surface area contributed by atoms with Crippen LogP contribution < -0.4 is 5.32 Å². The fourth-order valence-corrected chi connectivity index (χ4v) is 6.89. The summed E-state index contributed by atoms with van der Waals surface area (Å²) in [6.45, 7) is 9.31. The van der Waals surface area contributed by atoms with Crippen LogP contribution in [0.4, 0.5) is 5.82 Å². The molecule has 3 heterocycles. The van der Waals surface area contributed by atoms with Gasteiger partial charge in [-0.3, -0.25) is 9.80 Å². The summed E-state index contributed by atoms with van der Waals surface area (Å²) in [7, 11) is 0. The van der Waals surface area contributed by atoms with Crippen LogP contribution in [-0.4, -0.2) is 77.0 Å². The average Bonchev–Trinajstić information content (AvgIpc) is 3.06. The highest BCUT2D eigenvalue weighted by Gasteiger charge is 2.27. The molecular formula is C36H44Cl2N6. The summed E-state index contributed by atoms with van der Waals surface area (Å²) in [6, 6.07) is 25.0. The fourth-order valence-electron chi connectivity index (χ4n) is 6.64. The Hall–Kier alpha value is -2.74. The van der Waals surface area contributed by atoms with E-state index in [0.29, 0.717) is 0 Å². The van der Waals surface area contributed by atoms with Gasteiger partial charge in [0.05, 0.1) is 18.1 Å². The van der Waals surface area contributed by atoms with Gasteiger partial charge in [0, 0.05) is 48.2 Å². The third-order valence-electron chi connectivity index (χ3n) is 9.05. The minimum absolute atomic E-state index is 0.152. The molecule has 6 rings (SSSR count). The molecule has 2 aliphatic heterocycles. The number of hydrogen-bond donors (Lipinski definition) is 1. The third-order valence-corrected chi connectivity index (χ3v) is 9.55. The molecule has 0 unspecified atom stereocenters. The lowest BCUT2D eigenvalue weighted by molar-refractivity contribution is 0.103. The van der Waals surface area contributed by atoms with Gasteiger partial charge in [-0.1, -0.05) is 72.4 Å². The number of halogens is 2. The van der Waals surface area contributed by atoms with E-state index in [1.807, 2.05) is 24.3 Å². The molecule has 0 aliphatic carbocycles. The maximum absolute atomic E-state index is 6.23. The number of piperazine rings is 1. The second-order valence-corrected chi connectivity index (χ2v) is 13.1. The van der Waals surface area contributed by atoms with Gasteiger partial charge < -0.3 is 10.2 Å². The van der Waals surface area contributed by atoms with Gasteiger partial charge in [-0.15, -0.1) is 0 Å². The van der Waals surface area contributed by atoms with Crippen molar-refractivity contribution in [2.75, 3.05) is 57.7 Å². The van der Waals surface area contributed by atoms with E-state index in [1.165, 1.54) is 62.9 Å². The summed E-state index contributed by atoms with van der Waals surface area (Å²) in [5.74, 6) is 1.85. The molecule has 0 atom stereocenters. The average molecular weight is 632 g/mol. The van der Waals surface area contributed by atoms with E-state index in [-0.39, 0.29) is 6.04 Å². The van der Waals surface area contributed by atoms with Crippen molar-refractivity contribution < 1.29 is 0 Å². The predicted molar refractivity (Wildman–Crippen MR) is 184 cm³/mol. The number of unbranched alkanes of at least 4 members (excludes halogenated alkanes) is 2. The molecular weight excluding hydrogens is 587 g/mol. The maximum atomic E-state index is 6.23. The Morgan fingerprint density at radius 2 is 1.32 bits per heavy atom. The number of hydrogen-bond acceptors (Lipinski definition) is 6. The summed E-state index contributed by atoms with van der Waals surface area (Å²) in [5.41, 5.74) is 3.49. The summed E-state index contributed by atoms with van der Waals surface area (Å²) < 4.78 is 0. The Labute approximate surface area is 272 Å². The second-order valence-electron chi connectivity index (χ2n) is 12.2. The van der Waals surface area contributed by atoms with E-state index in [1.54, 1.807) is 0 Å². The highest BCUT2D eigenvalue weighted by atomic mass is 35.5. The highest BCUT2D eigenvalue weighted by molar-refractivity contribution is 6.30. The lowest BCUT2D eigenvalue weighted by Gasteiger charge is -2.39. The van der Waals surface area contributed by atoms with Gasteiger partial charge in [0.15, 0.2) is 0 Å². The first kappa shape index (κ1) is 31.3. The van der Waals surface area contributed by atoms with Gasteiger partial charge in [0.1, 0.15) is 11.6 Å². The predicted octanol–water partition coefficient (Wildman–Crippen LogP) is 7.91. The number of anilines is 1. The Bertz CT molecular complexity index is 1420. The molecule has 1 N–H and O–H groups in total. The first-order valence-corrected chi connectivity index (χ1v) is 17.1. The molecule has 0 spiro atoms. The van der Waals surface area contributed by atoms with Crippen LogP contribution in [-0.2, 0) is 6.54 Å². The van der Waals surface area contributed by atoms with Crippen molar-refractivity contribution in [3.8, 4) is 0 Å². The second kappa shape index (κ2) is 15.5. The van der Waals surface area contributed by atoms with Crippen molar-refractivity contribution in [2.45, 2.75) is 51.1 Å². The number of nitrogens with one attached hydrogen (secondary N) is 1. The monoisotopic (exact) mass is 630 g/mol. The lowest BCUT2D eigenvalue weighted by Crippen LogP contribution is -2.47. The zero-order chi connectivity index (χ0) is 30.1. The molecule has 4 aromatic rings. The van der Waals surface area contributed by atoms with E-state index < -0.39 is 0 Å². The highest BCUT2D eigenvalue weighted by Crippen LogP contribution is 2.31. The van der Waals surface area contributed by atoms with Crippen molar-refractivity contribution in [1.29, 1.82) is 0 Å². The Morgan fingerprint density at radius 3 is 2.00 bits per heavy atom. The van der Waals surface area contributed by atoms with Crippen molar-refractivity contribution in [3.63, 3.8) is 0 Å². The largest absolute Gasteiger partial charge is 0.369 e. The molecule has 2 fully saturated rings. The van der Waals surface area contributed by atoms with Crippen LogP contribution in [0.3, 0.4) is 0 Å². The smallest absolute Gasteiger partial charge is 0.145 e. The number of piperidine rings is 1. The Morgan fingerprint density at radius 1 is 0.659 bits per heavy atom. The van der Waals surface area contributed by atoms with Crippen molar-refractivity contribution in [1.82, 2.24) is 24.7 Å². The SMILES string of the molecule is Clc1ccc(C(c2ccc(Cl)cc2)N2CCN(Cc3nc(NCCCCCN4CCCCC4)c4ccccc4n3)CC2)cc1. The van der Waals surface area contributed by atoms with E-state index in [4.69, 9.17) is 33.2 Å². The van der Waals surface area contributed by atoms with E-state index in [0.717, 1.165) is 78.3 Å². The summed E-state index contributed by atoms with van der Waals surface area (Å²) >= 11 is 12.5. The summed E-state index contributed by atoms with van der Waals surface area (Å²) in [6.07, 6.45) is 7.82. The van der Waals surface area contributed by atoms with Crippen LogP contribution >= 0.6 is 23.2 Å². The van der Waals surface area contributed by atoms with Gasteiger partial charge in [-0.05, 0) is 92.8 Å². The van der Waals surface area contributed by atoms with Gasteiger partial charge in [-0.2, -0.15) is 0 Å². The van der Waals surface area contributed by atoms with Crippen LogP contribution in [0.1, 0.15) is 61.5 Å². The molecule has 1 aromatic heterocycles. The molecule has 8 heteroatoms. The van der Waals surface area contributed by atoms with Crippen molar-refractivity contribution >= 4 is 39.9 Å². The van der Waals surface area contributed by atoms with Crippen LogP contribution in [0.2, 0.25) is 10.0 Å². The first-order chi connectivity index (χ1) is 21.6. The van der Waals surface area contributed by atoms with Crippen molar-refractivity contribution in [2.24, 2.45) is 0 Å². The summed E-state index contributed by atoms with van der Waals surface area (Å²) in [4.78, 5) is 17.7. The van der Waals surface area contributed by atoms with Gasteiger partial charge in [-0.25, -0.2) is 9.97 Å². The van der Waals surface area contributed by atoms with Gasteiger partial charge in [0.2, 0.25) is 0 Å². The maximum Gasteiger partial charge on any atom is 0.145 e. The van der Waals surface area contributed by atoms with Crippen LogP contribution in [0.15, 0.2) is 72.8 Å². The molecule has 232 valence electrons. The van der Waals surface area contributed by atoms with Crippen LogP contribution in [0.25, 0.3) is 10.9 Å². The minimum atomic E-state index is 0.152. The number of fused-ring (bicyclic) bond motifs is 1. The topological polar surface area (TPSA) is 47.5 Å². The van der Waals surface area contributed by atoms with Crippen LogP contribution in [0, 0.1) is 0 Å². The van der Waals surface area contributed by atoms with E-state index >= 15 is 0 Å². The molecule has 3 aromatic carbocycles. The molecule has 0 bridgehead atoms. The number of rotatable bonds is 12. The molecule has 44 heavy (non-hydrogen) atoms. The fraction of sp³-hybridized carbons (Fsp3) is 0.444.